The van der Waals surface area contributed by atoms with Gasteiger partial charge in [-0.15, -0.1) is 0 Å². The highest BCUT2D eigenvalue weighted by atomic mass is 15.0. The van der Waals surface area contributed by atoms with Gasteiger partial charge in [0.25, 0.3) is 0 Å². The number of nitrogens with two attached hydrogens (primary N) is 1. The molecule has 114 valence electrons. The molecule has 0 atom stereocenters. The van der Waals surface area contributed by atoms with Gasteiger partial charge in [-0.3, -0.25) is 5.41 Å². The van der Waals surface area contributed by atoms with E-state index in [4.69, 9.17) is 16.1 Å². The third-order valence-electron chi connectivity index (χ3n) is 4.36. The molecule has 0 saturated carbocycles. The third-order valence-corrected chi connectivity index (χ3v) is 4.36. The number of anilines is 1. The van der Waals surface area contributed by atoms with E-state index >= 15 is 0 Å². The van der Waals surface area contributed by atoms with E-state index in [-0.39, 0.29) is 5.96 Å². The molecule has 4 N–H and O–H groups in total. The monoisotopic (exact) mass is 303 g/mol. The predicted octanol–water partition coefficient (Wildman–Crippen LogP) is 3.45. The molecule has 5 heteroatoms. The molecule has 0 amide bonds. The minimum absolute atomic E-state index is 0.0686. The van der Waals surface area contributed by atoms with E-state index in [1.807, 2.05) is 31.3 Å². The Hall–Kier alpha value is -3.08. The quantitative estimate of drug-likeness (QED) is 0.372. The van der Waals surface area contributed by atoms with Crippen LogP contribution in [0.1, 0.15) is 5.56 Å². The Kier molecular flexibility index (Phi) is 2.78. The van der Waals surface area contributed by atoms with Gasteiger partial charge in [-0.25, -0.2) is 4.98 Å². The lowest BCUT2D eigenvalue weighted by molar-refractivity contribution is 0.936. The van der Waals surface area contributed by atoms with E-state index in [0.717, 1.165) is 28.0 Å². The number of para-hydroxylation sites is 1. The molecule has 0 bridgehead atoms. The summed E-state index contributed by atoms with van der Waals surface area (Å²) in [6.45, 7) is 2.14. The van der Waals surface area contributed by atoms with E-state index in [1.165, 1.54) is 16.5 Å². The van der Waals surface area contributed by atoms with Gasteiger partial charge >= 0.3 is 0 Å². The van der Waals surface area contributed by atoms with Gasteiger partial charge in [0.05, 0.1) is 5.52 Å². The van der Waals surface area contributed by atoms with Crippen LogP contribution >= 0.6 is 0 Å². The fourth-order valence-corrected chi connectivity index (χ4v) is 3.30. The van der Waals surface area contributed by atoms with Gasteiger partial charge in [-0.2, -0.15) is 0 Å². The summed E-state index contributed by atoms with van der Waals surface area (Å²) in [6.07, 6.45) is 0. The minimum atomic E-state index is -0.0686. The number of hydrogen-bond acceptors (Lipinski definition) is 2. The van der Waals surface area contributed by atoms with Gasteiger partial charge in [0.15, 0.2) is 5.96 Å². The molecule has 0 saturated heterocycles. The lowest BCUT2D eigenvalue weighted by atomic mass is 10.00. The first-order valence-corrected chi connectivity index (χ1v) is 7.45. The van der Waals surface area contributed by atoms with E-state index in [2.05, 4.69) is 35.0 Å². The lowest BCUT2D eigenvalue weighted by Gasteiger charge is -2.15. The molecule has 0 fully saturated rings. The summed E-state index contributed by atoms with van der Waals surface area (Å²) in [5, 5.41) is 12.5. The molecule has 4 rings (SSSR count). The highest BCUT2D eigenvalue weighted by Gasteiger charge is 2.20. The van der Waals surface area contributed by atoms with E-state index < -0.39 is 0 Å². The maximum absolute atomic E-state index is 7.40. The Morgan fingerprint density at radius 1 is 1.17 bits per heavy atom. The fourth-order valence-electron chi connectivity index (χ4n) is 3.30. The normalized spacial score (nSPS) is 11.4. The molecule has 0 aliphatic carbocycles. The number of aromatic nitrogens is 2. The van der Waals surface area contributed by atoms with Gasteiger partial charge < -0.3 is 15.6 Å². The third kappa shape index (κ3) is 1.93. The Morgan fingerprint density at radius 2 is 1.96 bits per heavy atom. The molecule has 2 aliphatic rings. The van der Waals surface area contributed by atoms with Gasteiger partial charge in [-0.1, -0.05) is 18.2 Å². The van der Waals surface area contributed by atoms with Crippen LogP contribution in [0.5, 0.6) is 0 Å². The summed E-state index contributed by atoms with van der Waals surface area (Å²) in [4.78, 5) is 4.80. The zero-order chi connectivity index (χ0) is 16.1. The van der Waals surface area contributed by atoms with Crippen molar-refractivity contribution in [1.82, 2.24) is 9.55 Å². The topological polar surface area (TPSA) is 79.7 Å². The van der Waals surface area contributed by atoms with Gasteiger partial charge in [-0.05, 0) is 36.8 Å². The molecular formula is C18H17N5. The zero-order valence-corrected chi connectivity index (χ0v) is 13.0. The SMILES string of the molecule is Cc1c2c3cc(NC(=N)N)ccc3nc-2n(C)c2ccccc12. The Bertz CT molecular complexity index is 1040. The van der Waals surface area contributed by atoms with Crippen LogP contribution in [0.15, 0.2) is 42.5 Å². The maximum Gasteiger partial charge on any atom is 0.190 e. The highest BCUT2D eigenvalue weighted by molar-refractivity contribution is 6.05. The Morgan fingerprint density at radius 3 is 2.74 bits per heavy atom. The van der Waals surface area contributed by atoms with E-state index in [9.17, 15) is 0 Å². The zero-order valence-electron chi connectivity index (χ0n) is 13.0. The molecule has 2 heterocycles. The molecule has 5 nitrogen and oxygen atoms in total. The summed E-state index contributed by atoms with van der Waals surface area (Å²) in [5.41, 5.74) is 10.7. The second-order valence-corrected chi connectivity index (χ2v) is 5.78. The molecule has 2 aromatic rings. The number of aryl methyl sites for hydroxylation is 2. The fraction of sp³-hybridized carbons (Fsp3) is 0.111. The number of nitrogens with zero attached hydrogens (tertiary/aromatic N) is 2. The van der Waals surface area contributed by atoms with Crippen molar-refractivity contribution in [2.45, 2.75) is 6.92 Å². The standard InChI is InChI=1S/C18H17N5/c1-10-12-5-3-4-6-15(12)23(2)17-16(10)13-9-11(21-18(19)20)7-8-14(13)22-17/h3-9H,1-2H3,(H4,19,20,21). The number of rotatable bonds is 1. The predicted molar refractivity (Wildman–Crippen MR) is 95.1 cm³/mol. The average Bonchev–Trinajstić information content (AvgIpc) is 2.91. The van der Waals surface area contributed by atoms with Crippen LogP contribution in [0.3, 0.4) is 0 Å². The smallest absolute Gasteiger partial charge is 0.190 e. The second kappa shape index (κ2) is 4.71. The van der Waals surface area contributed by atoms with Crippen molar-refractivity contribution in [2.24, 2.45) is 12.8 Å². The maximum atomic E-state index is 7.40. The van der Waals surface area contributed by atoms with Crippen molar-refractivity contribution in [3.63, 3.8) is 0 Å². The molecule has 0 aromatic heterocycles. The lowest BCUT2D eigenvalue weighted by Crippen LogP contribution is -2.20. The van der Waals surface area contributed by atoms with Crippen molar-refractivity contribution < 1.29 is 0 Å². The number of benzene rings is 2. The highest BCUT2D eigenvalue weighted by Crippen LogP contribution is 2.38. The molecule has 2 aliphatic heterocycles. The summed E-state index contributed by atoms with van der Waals surface area (Å²) < 4.78 is 2.13. The molecule has 0 radical (unpaired) electrons. The molecule has 0 unspecified atom stereocenters. The van der Waals surface area contributed by atoms with Crippen molar-refractivity contribution in [2.75, 3.05) is 5.32 Å². The van der Waals surface area contributed by atoms with Crippen LogP contribution < -0.4 is 11.1 Å². The van der Waals surface area contributed by atoms with Crippen molar-refractivity contribution in [1.29, 1.82) is 5.41 Å². The molecular weight excluding hydrogens is 286 g/mol. The molecule has 23 heavy (non-hydrogen) atoms. The van der Waals surface area contributed by atoms with Crippen LogP contribution in [0.2, 0.25) is 0 Å². The van der Waals surface area contributed by atoms with Crippen molar-refractivity contribution in [3.05, 3.63) is 48.0 Å². The Balaban J connectivity index is 2.12. The first-order chi connectivity index (χ1) is 11.1. The molecule has 2 aromatic carbocycles. The largest absolute Gasteiger partial charge is 0.370 e. The number of guanidine groups is 1. The average molecular weight is 303 g/mol. The summed E-state index contributed by atoms with van der Waals surface area (Å²) in [7, 11) is 2.05. The van der Waals surface area contributed by atoms with Gasteiger partial charge in [0, 0.05) is 34.6 Å². The van der Waals surface area contributed by atoms with Crippen LogP contribution in [0, 0.1) is 12.3 Å². The number of hydrogen-bond donors (Lipinski definition) is 3. The number of fused-ring (bicyclic) bond motifs is 4. The minimum Gasteiger partial charge on any atom is -0.370 e. The van der Waals surface area contributed by atoms with E-state index in [1.54, 1.807) is 0 Å². The van der Waals surface area contributed by atoms with Crippen LogP contribution in [0.25, 0.3) is 33.2 Å². The van der Waals surface area contributed by atoms with Gasteiger partial charge in [0.1, 0.15) is 5.82 Å². The Labute approximate surface area is 133 Å². The van der Waals surface area contributed by atoms with Gasteiger partial charge in [0.2, 0.25) is 0 Å². The second-order valence-electron chi connectivity index (χ2n) is 5.78. The van der Waals surface area contributed by atoms with E-state index in [0.29, 0.717) is 0 Å². The number of nitrogens with one attached hydrogen (secondary N) is 2. The summed E-state index contributed by atoms with van der Waals surface area (Å²) in [5.74, 6) is 0.900. The molecule has 0 spiro atoms. The summed E-state index contributed by atoms with van der Waals surface area (Å²) in [6, 6.07) is 14.2. The van der Waals surface area contributed by atoms with Crippen molar-refractivity contribution in [3.8, 4) is 11.4 Å². The number of pyridine rings is 1. The summed E-state index contributed by atoms with van der Waals surface area (Å²) >= 11 is 0. The van der Waals surface area contributed by atoms with Crippen LogP contribution in [-0.2, 0) is 7.05 Å². The first kappa shape index (κ1) is 13.6. The van der Waals surface area contributed by atoms with Crippen LogP contribution in [-0.4, -0.2) is 15.5 Å². The first-order valence-electron chi connectivity index (χ1n) is 7.45. The van der Waals surface area contributed by atoms with Crippen molar-refractivity contribution >= 4 is 33.5 Å². The van der Waals surface area contributed by atoms with Crippen LogP contribution in [0.4, 0.5) is 5.69 Å².